The Morgan fingerprint density at radius 3 is 2.63 bits per heavy atom. The van der Waals surface area contributed by atoms with Gasteiger partial charge in [-0.15, -0.1) is 0 Å². The van der Waals surface area contributed by atoms with Gasteiger partial charge in [0.15, 0.2) is 18.1 Å². The number of thioether (sulfide) groups is 1. The largest absolute Gasteiger partial charge is 0.490 e. The molecular weight excluding hydrogens is 434 g/mol. The highest BCUT2D eigenvalue weighted by atomic mass is 35.5. The number of benzene rings is 1. The lowest BCUT2D eigenvalue weighted by Gasteiger charge is -2.14. The van der Waals surface area contributed by atoms with E-state index in [1.807, 2.05) is 0 Å². The topological polar surface area (TPSA) is 91.4 Å². The van der Waals surface area contributed by atoms with Crippen molar-refractivity contribution in [1.82, 2.24) is 4.90 Å². The summed E-state index contributed by atoms with van der Waals surface area (Å²) in [5.41, 5.74) is 0.564. The van der Waals surface area contributed by atoms with Crippen LogP contribution in [0, 0.1) is 0 Å². The van der Waals surface area contributed by atoms with Crippen LogP contribution < -0.4 is 9.47 Å². The van der Waals surface area contributed by atoms with Crippen LogP contribution in [0.3, 0.4) is 0 Å². The molecule has 0 radical (unpaired) electrons. The van der Waals surface area contributed by atoms with E-state index >= 15 is 0 Å². The Kier molecular flexibility index (Phi) is 9.48. The Morgan fingerprint density at radius 1 is 1.20 bits per heavy atom. The first kappa shape index (κ1) is 24.0. The fraction of sp³-hybridized carbons (Fsp3) is 0.450. The molecule has 0 unspecified atom stereocenters. The molecule has 1 aromatic carbocycles. The van der Waals surface area contributed by atoms with E-state index in [-0.39, 0.29) is 40.0 Å². The standard InChI is InChI=1S/C20H24ClNO7S/c1-4-27-15-10-13(9-14(21)18(15)29-12-17(23)28-5-2)11-16-19(24)22(20(25)30-16)7-6-8-26-3/h9-11H,4-8,12H2,1-3H3/b16-11+. The number of hydrogen-bond donors (Lipinski definition) is 0. The predicted molar refractivity (Wildman–Crippen MR) is 114 cm³/mol. The average molecular weight is 458 g/mol. The molecule has 1 aliphatic rings. The maximum Gasteiger partial charge on any atom is 0.344 e. The summed E-state index contributed by atoms with van der Waals surface area (Å²) >= 11 is 7.19. The molecule has 1 saturated heterocycles. The lowest BCUT2D eigenvalue weighted by Crippen LogP contribution is -2.29. The fourth-order valence-electron chi connectivity index (χ4n) is 2.62. The third-order valence-electron chi connectivity index (χ3n) is 3.87. The number of carbonyl (C=O) groups excluding carboxylic acids is 3. The zero-order valence-electron chi connectivity index (χ0n) is 17.1. The summed E-state index contributed by atoms with van der Waals surface area (Å²) in [5, 5.41) is -0.122. The lowest BCUT2D eigenvalue weighted by atomic mass is 10.1. The van der Waals surface area contributed by atoms with Gasteiger partial charge in [0, 0.05) is 20.3 Å². The number of nitrogens with zero attached hydrogens (tertiary/aromatic N) is 1. The minimum atomic E-state index is -0.526. The van der Waals surface area contributed by atoms with Gasteiger partial charge in [0.2, 0.25) is 0 Å². The summed E-state index contributed by atoms with van der Waals surface area (Å²) in [4.78, 5) is 37.7. The number of carbonyl (C=O) groups is 3. The molecule has 1 fully saturated rings. The molecular formula is C20H24ClNO7S. The van der Waals surface area contributed by atoms with Crippen LogP contribution in [0.5, 0.6) is 11.5 Å². The van der Waals surface area contributed by atoms with E-state index in [1.54, 1.807) is 39.2 Å². The zero-order chi connectivity index (χ0) is 22.1. The molecule has 1 aliphatic heterocycles. The summed E-state index contributed by atoms with van der Waals surface area (Å²) in [7, 11) is 1.56. The maximum atomic E-state index is 12.6. The molecule has 30 heavy (non-hydrogen) atoms. The maximum absolute atomic E-state index is 12.6. The van der Waals surface area contributed by atoms with Gasteiger partial charge in [0.1, 0.15) is 0 Å². The summed E-state index contributed by atoms with van der Waals surface area (Å²) < 4.78 is 20.9. The quantitative estimate of drug-likeness (QED) is 0.282. The van der Waals surface area contributed by atoms with E-state index in [0.717, 1.165) is 11.8 Å². The Balaban J connectivity index is 2.22. The van der Waals surface area contributed by atoms with Crippen molar-refractivity contribution in [1.29, 1.82) is 0 Å². The van der Waals surface area contributed by atoms with Gasteiger partial charge in [-0.25, -0.2) is 4.79 Å². The van der Waals surface area contributed by atoms with Crippen LogP contribution in [-0.2, 0) is 19.1 Å². The molecule has 1 heterocycles. The van der Waals surface area contributed by atoms with Crippen molar-refractivity contribution in [3.8, 4) is 11.5 Å². The molecule has 1 aromatic rings. The first-order chi connectivity index (χ1) is 14.4. The number of imide groups is 1. The van der Waals surface area contributed by atoms with E-state index in [1.165, 1.54) is 4.90 Å². The Morgan fingerprint density at radius 2 is 1.97 bits per heavy atom. The van der Waals surface area contributed by atoms with Crippen LogP contribution in [-0.4, -0.2) is 62.1 Å². The van der Waals surface area contributed by atoms with Gasteiger partial charge in [0.25, 0.3) is 11.1 Å². The van der Waals surface area contributed by atoms with Gasteiger partial charge >= 0.3 is 5.97 Å². The lowest BCUT2D eigenvalue weighted by molar-refractivity contribution is -0.145. The van der Waals surface area contributed by atoms with E-state index in [4.69, 9.17) is 30.5 Å². The van der Waals surface area contributed by atoms with E-state index in [2.05, 4.69) is 0 Å². The summed E-state index contributed by atoms with van der Waals surface area (Å²) in [6.45, 7) is 4.51. The summed E-state index contributed by atoms with van der Waals surface area (Å²) in [6.07, 6.45) is 2.14. The molecule has 0 saturated carbocycles. The van der Waals surface area contributed by atoms with E-state index in [0.29, 0.717) is 37.5 Å². The molecule has 0 bridgehead atoms. The van der Waals surface area contributed by atoms with E-state index in [9.17, 15) is 14.4 Å². The van der Waals surface area contributed by atoms with Crippen LogP contribution in [0.25, 0.3) is 6.08 Å². The highest BCUT2D eigenvalue weighted by Crippen LogP contribution is 2.39. The van der Waals surface area contributed by atoms with Crippen LogP contribution in [0.2, 0.25) is 5.02 Å². The molecule has 0 spiro atoms. The van der Waals surface area contributed by atoms with Gasteiger partial charge in [0.05, 0.1) is 23.1 Å². The third kappa shape index (κ3) is 6.38. The second kappa shape index (κ2) is 11.8. The van der Waals surface area contributed by atoms with Crippen molar-refractivity contribution < 1.29 is 33.3 Å². The minimum Gasteiger partial charge on any atom is -0.490 e. The highest BCUT2D eigenvalue weighted by Gasteiger charge is 2.34. The first-order valence-electron chi connectivity index (χ1n) is 9.40. The van der Waals surface area contributed by atoms with Crippen molar-refractivity contribution in [2.45, 2.75) is 20.3 Å². The molecule has 0 atom stereocenters. The average Bonchev–Trinajstić information content (AvgIpc) is 2.95. The molecule has 164 valence electrons. The van der Waals surface area contributed by atoms with Crippen LogP contribution in [0.15, 0.2) is 17.0 Å². The third-order valence-corrected chi connectivity index (χ3v) is 5.06. The number of esters is 1. The van der Waals surface area contributed by atoms with Crippen molar-refractivity contribution in [3.05, 3.63) is 27.6 Å². The summed E-state index contributed by atoms with van der Waals surface area (Å²) in [5.74, 6) is -0.365. The van der Waals surface area contributed by atoms with Crippen LogP contribution >= 0.6 is 23.4 Å². The molecule has 8 nitrogen and oxygen atoms in total. The number of methoxy groups -OCH3 is 1. The fourth-order valence-corrected chi connectivity index (χ4v) is 3.76. The number of ether oxygens (including phenoxy) is 4. The Bertz CT molecular complexity index is 828. The zero-order valence-corrected chi connectivity index (χ0v) is 18.6. The second-order valence-electron chi connectivity index (χ2n) is 6.04. The predicted octanol–water partition coefficient (Wildman–Crippen LogP) is 3.75. The second-order valence-corrected chi connectivity index (χ2v) is 7.44. The first-order valence-corrected chi connectivity index (χ1v) is 10.6. The van der Waals surface area contributed by atoms with Crippen molar-refractivity contribution in [3.63, 3.8) is 0 Å². The van der Waals surface area contributed by atoms with Gasteiger partial charge in [-0.3, -0.25) is 14.5 Å². The molecule has 2 rings (SSSR count). The Labute approximate surface area is 184 Å². The van der Waals surface area contributed by atoms with E-state index < -0.39 is 5.97 Å². The molecule has 2 amide bonds. The van der Waals surface area contributed by atoms with Crippen molar-refractivity contribution in [2.75, 3.05) is 40.1 Å². The summed E-state index contributed by atoms with van der Waals surface area (Å²) in [6, 6.07) is 3.21. The molecule has 0 aromatic heterocycles. The number of halogens is 1. The monoisotopic (exact) mass is 457 g/mol. The Hall–Kier alpha value is -2.23. The van der Waals surface area contributed by atoms with Crippen molar-refractivity contribution in [2.24, 2.45) is 0 Å². The SMILES string of the molecule is CCOC(=O)COc1c(Cl)cc(/C=C2/SC(=O)N(CCCOC)C2=O)cc1OCC. The number of amides is 2. The highest BCUT2D eigenvalue weighted by molar-refractivity contribution is 8.18. The van der Waals surface area contributed by atoms with Gasteiger partial charge in [-0.05, 0) is 55.8 Å². The minimum absolute atomic E-state index is 0.204. The number of hydrogen-bond acceptors (Lipinski definition) is 8. The van der Waals surface area contributed by atoms with Crippen LogP contribution in [0.1, 0.15) is 25.8 Å². The van der Waals surface area contributed by atoms with Crippen molar-refractivity contribution >= 4 is 46.6 Å². The number of rotatable bonds is 11. The van der Waals surface area contributed by atoms with Gasteiger partial charge in [-0.1, -0.05) is 11.6 Å². The normalized spacial score (nSPS) is 15.1. The van der Waals surface area contributed by atoms with Crippen LogP contribution in [0.4, 0.5) is 4.79 Å². The van der Waals surface area contributed by atoms with Gasteiger partial charge < -0.3 is 18.9 Å². The van der Waals surface area contributed by atoms with Gasteiger partial charge in [-0.2, -0.15) is 0 Å². The molecule has 0 N–H and O–H groups in total. The smallest absolute Gasteiger partial charge is 0.344 e. The molecule has 0 aliphatic carbocycles. The molecule has 10 heteroatoms.